The van der Waals surface area contributed by atoms with Crippen molar-refractivity contribution >= 4 is 38.4 Å². The molecule has 2 aromatic rings. The molecule has 5 heteroatoms. The van der Waals surface area contributed by atoms with Gasteiger partial charge in [0.05, 0.1) is 4.70 Å². The normalized spacial score (nSPS) is 17.3. The number of thioether (sulfide) groups is 1. The van der Waals surface area contributed by atoms with E-state index < -0.39 is 0 Å². The lowest BCUT2D eigenvalue weighted by molar-refractivity contribution is 0.479. The molecule has 1 fully saturated rings. The number of nitrogens with zero attached hydrogens (tertiary/aromatic N) is 1. The fourth-order valence-corrected chi connectivity index (χ4v) is 4.64. The van der Waals surface area contributed by atoms with Crippen molar-refractivity contribution in [1.29, 1.82) is 0 Å². The number of nitrogen functional groups attached to an aromatic ring is 1. The quantitative estimate of drug-likeness (QED) is 0.872. The van der Waals surface area contributed by atoms with Crippen molar-refractivity contribution in [3.63, 3.8) is 0 Å². The van der Waals surface area contributed by atoms with Crippen LogP contribution in [0.5, 0.6) is 5.75 Å². The van der Waals surface area contributed by atoms with Crippen LogP contribution >= 0.6 is 23.1 Å². The van der Waals surface area contributed by atoms with E-state index in [2.05, 4.69) is 11.1 Å². The lowest BCUT2D eigenvalue weighted by atomic mass is 10.0. The zero-order valence-corrected chi connectivity index (χ0v) is 11.7. The third-order valence-corrected chi connectivity index (χ3v) is 5.46. The average molecular weight is 280 g/mol. The monoisotopic (exact) mass is 280 g/mol. The highest BCUT2D eigenvalue weighted by Gasteiger charge is 2.16. The zero-order valence-electron chi connectivity index (χ0n) is 10.1. The molecule has 0 aliphatic heterocycles. The first kappa shape index (κ1) is 12.1. The van der Waals surface area contributed by atoms with Crippen molar-refractivity contribution in [3.05, 3.63) is 12.1 Å². The van der Waals surface area contributed by atoms with E-state index in [0.29, 0.717) is 15.9 Å². The molecule has 3 nitrogen and oxygen atoms in total. The lowest BCUT2D eigenvalue weighted by Gasteiger charge is -2.20. The van der Waals surface area contributed by atoms with Crippen molar-refractivity contribution < 1.29 is 5.11 Å². The molecule has 3 N–H and O–H groups in total. The van der Waals surface area contributed by atoms with Gasteiger partial charge in [0, 0.05) is 10.1 Å². The Balaban J connectivity index is 1.87. The van der Waals surface area contributed by atoms with Crippen molar-refractivity contribution in [1.82, 2.24) is 4.98 Å². The van der Waals surface area contributed by atoms with Gasteiger partial charge >= 0.3 is 0 Å². The van der Waals surface area contributed by atoms with E-state index in [1.807, 2.05) is 17.8 Å². The molecule has 3 rings (SSSR count). The van der Waals surface area contributed by atoms with Gasteiger partial charge in [-0.05, 0) is 25.0 Å². The molecule has 0 spiro atoms. The smallest absolute Gasteiger partial charge is 0.181 e. The standard InChI is InChI=1S/C13H16N2OS2/c14-13-15-12-10(16)6-9(7-11(12)18-13)17-8-4-2-1-3-5-8/h6-8,16H,1-5H2,(H2,14,15). The van der Waals surface area contributed by atoms with Gasteiger partial charge in [0.25, 0.3) is 0 Å². The van der Waals surface area contributed by atoms with Gasteiger partial charge in [-0.2, -0.15) is 0 Å². The summed E-state index contributed by atoms with van der Waals surface area (Å²) in [6.07, 6.45) is 6.61. The van der Waals surface area contributed by atoms with Crippen LogP contribution in [-0.4, -0.2) is 15.3 Å². The number of fused-ring (bicyclic) bond motifs is 1. The topological polar surface area (TPSA) is 59.1 Å². The number of phenols is 1. The number of hydrogen-bond acceptors (Lipinski definition) is 5. The van der Waals surface area contributed by atoms with Crippen LogP contribution in [-0.2, 0) is 0 Å². The molecule has 0 atom stereocenters. The van der Waals surface area contributed by atoms with E-state index >= 15 is 0 Å². The number of rotatable bonds is 2. The first-order valence-electron chi connectivity index (χ1n) is 6.28. The molecule has 0 bridgehead atoms. The number of thiazole rings is 1. The summed E-state index contributed by atoms with van der Waals surface area (Å²) in [4.78, 5) is 5.27. The molecule has 0 radical (unpaired) electrons. The van der Waals surface area contributed by atoms with Crippen molar-refractivity contribution in [2.45, 2.75) is 42.2 Å². The second-order valence-electron chi connectivity index (χ2n) is 4.72. The van der Waals surface area contributed by atoms with Crippen LogP contribution < -0.4 is 5.73 Å². The van der Waals surface area contributed by atoms with E-state index in [1.165, 1.54) is 43.4 Å². The SMILES string of the molecule is Nc1nc2c(O)cc(SC3CCCCC3)cc2s1. The molecule has 1 aliphatic carbocycles. The largest absolute Gasteiger partial charge is 0.506 e. The summed E-state index contributed by atoms with van der Waals surface area (Å²) >= 11 is 3.32. The van der Waals surface area contributed by atoms with Crippen molar-refractivity contribution in [2.24, 2.45) is 0 Å². The maximum absolute atomic E-state index is 9.97. The number of aromatic nitrogens is 1. The Morgan fingerprint density at radius 1 is 1.28 bits per heavy atom. The first-order chi connectivity index (χ1) is 8.72. The van der Waals surface area contributed by atoms with Crippen LogP contribution in [0.25, 0.3) is 10.2 Å². The third-order valence-electron chi connectivity index (χ3n) is 3.32. The lowest BCUT2D eigenvalue weighted by Crippen LogP contribution is -2.07. The number of anilines is 1. The van der Waals surface area contributed by atoms with E-state index in [-0.39, 0.29) is 5.75 Å². The third kappa shape index (κ3) is 2.42. The average Bonchev–Trinajstić information content (AvgIpc) is 2.72. The zero-order chi connectivity index (χ0) is 12.5. The molecule has 1 aliphatic rings. The van der Waals surface area contributed by atoms with E-state index in [0.717, 1.165) is 9.60 Å². The fourth-order valence-electron chi connectivity index (χ4n) is 2.45. The van der Waals surface area contributed by atoms with E-state index in [1.54, 1.807) is 0 Å². The summed E-state index contributed by atoms with van der Waals surface area (Å²) in [6, 6.07) is 3.92. The molecule has 18 heavy (non-hydrogen) atoms. The summed E-state index contributed by atoms with van der Waals surface area (Å²) in [5.74, 6) is 0.249. The minimum atomic E-state index is 0.249. The molecule has 0 saturated heterocycles. The highest BCUT2D eigenvalue weighted by atomic mass is 32.2. The molecule has 0 unspecified atom stereocenters. The first-order valence-corrected chi connectivity index (χ1v) is 7.97. The molecule has 1 saturated carbocycles. The number of nitrogens with two attached hydrogens (primary N) is 1. The van der Waals surface area contributed by atoms with Crippen molar-refractivity contribution in [3.8, 4) is 5.75 Å². The Hall–Kier alpha value is -0.940. The minimum absolute atomic E-state index is 0.249. The summed E-state index contributed by atoms with van der Waals surface area (Å²) in [5.41, 5.74) is 6.31. The van der Waals surface area contributed by atoms with Gasteiger partial charge in [-0.3, -0.25) is 0 Å². The van der Waals surface area contributed by atoms with Crippen LogP contribution in [0.3, 0.4) is 0 Å². The summed E-state index contributed by atoms with van der Waals surface area (Å²) in [7, 11) is 0. The van der Waals surface area contributed by atoms with Crippen LogP contribution in [0.15, 0.2) is 17.0 Å². The molecular formula is C13H16N2OS2. The van der Waals surface area contributed by atoms with Gasteiger partial charge in [-0.25, -0.2) is 4.98 Å². The molecule has 1 heterocycles. The molecule has 0 amide bonds. The van der Waals surface area contributed by atoms with Gasteiger partial charge in [-0.1, -0.05) is 30.6 Å². The number of hydrogen-bond donors (Lipinski definition) is 2. The number of aromatic hydroxyl groups is 1. The van der Waals surface area contributed by atoms with Crippen LogP contribution in [0, 0.1) is 0 Å². The van der Waals surface area contributed by atoms with Gasteiger partial charge < -0.3 is 10.8 Å². The maximum atomic E-state index is 9.97. The molecule has 1 aromatic carbocycles. The summed E-state index contributed by atoms with van der Waals surface area (Å²) < 4.78 is 0.978. The van der Waals surface area contributed by atoms with Crippen molar-refractivity contribution in [2.75, 3.05) is 5.73 Å². The van der Waals surface area contributed by atoms with Crippen LogP contribution in [0.1, 0.15) is 32.1 Å². The Morgan fingerprint density at radius 3 is 2.83 bits per heavy atom. The molecule has 96 valence electrons. The van der Waals surface area contributed by atoms with Gasteiger partial charge in [0.15, 0.2) is 5.13 Å². The molecule has 1 aromatic heterocycles. The number of benzene rings is 1. The highest BCUT2D eigenvalue weighted by Crippen LogP contribution is 2.39. The minimum Gasteiger partial charge on any atom is -0.506 e. The van der Waals surface area contributed by atoms with Gasteiger partial charge in [0.2, 0.25) is 0 Å². The predicted octanol–water partition coefficient (Wildman–Crippen LogP) is 4.01. The maximum Gasteiger partial charge on any atom is 0.181 e. The van der Waals surface area contributed by atoms with Gasteiger partial charge in [-0.15, -0.1) is 11.8 Å². The Kier molecular flexibility index (Phi) is 3.35. The Labute approximate surface area is 114 Å². The Bertz CT molecular complexity index is 561. The van der Waals surface area contributed by atoms with Crippen LogP contribution in [0.4, 0.5) is 5.13 Å². The molecular weight excluding hydrogens is 264 g/mol. The van der Waals surface area contributed by atoms with E-state index in [9.17, 15) is 5.11 Å². The highest BCUT2D eigenvalue weighted by molar-refractivity contribution is 8.00. The predicted molar refractivity (Wildman–Crippen MR) is 78.4 cm³/mol. The fraction of sp³-hybridized carbons (Fsp3) is 0.462. The van der Waals surface area contributed by atoms with E-state index in [4.69, 9.17) is 5.73 Å². The second kappa shape index (κ2) is 4.97. The number of phenolic OH excluding ortho intramolecular Hbond substituents is 1. The summed E-state index contributed by atoms with van der Waals surface area (Å²) in [5, 5.41) is 11.2. The Morgan fingerprint density at radius 2 is 2.06 bits per heavy atom. The van der Waals surface area contributed by atoms with Crippen LogP contribution in [0.2, 0.25) is 0 Å². The second-order valence-corrected chi connectivity index (χ2v) is 7.16. The van der Waals surface area contributed by atoms with Gasteiger partial charge in [0.1, 0.15) is 11.3 Å². The summed E-state index contributed by atoms with van der Waals surface area (Å²) in [6.45, 7) is 0.